The van der Waals surface area contributed by atoms with Crippen molar-refractivity contribution < 1.29 is 19.0 Å². The molecule has 0 aromatic heterocycles. The largest absolute Gasteiger partial charge is 0.496 e. The molecule has 0 amide bonds. The Kier molecular flexibility index (Phi) is 6.47. The summed E-state index contributed by atoms with van der Waals surface area (Å²) in [6.07, 6.45) is 3.07. The fourth-order valence-electron chi connectivity index (χ4n) is 2.69. The molecule has 4 nitrogen and oxygen atoms in total. The summed E-state index contributed by atoms with van der Waals surface area (Å²) in [5, 5.41) is 0. The van der Waals surface area contributed by atoms with Crippen LogP contribution in [0.2, 0.25) is 0 Å². The molecule has 0 N–H and O–H groups in total. The summed E-state index contributed by atoms with van der Waals surface area (Å²) in [5.74, 6) is 1.49. The lowest BCUT2D eigenvalue weighted by Gasteiger charge is -2.20. The highest BCUT2D eigenvalue weighted by Gasteiger charge is 2.18. The minimum Gasteiger partial charge on any atom is -0.496 e. The van der Waals surface area contributed by atoms with Crippen LogP contribution in [-0.2, 0) is 16.0 Å². The molecule has 1 aromatic carbocycles. The zero-order valence-electron chi connectivity index (χ0n) is 14.6. The maximum absolute atomic E-state index is 11.3. The quantitative estimate of drug-likeness (QED) is 0.594. The van der Waals surface area contributed by atoms with E-state index < -0.39 is 0 Å². The van der Waals surface area contributed by atoms with Crippen molar-refractivity contribution in [1.82, 2.24) is 0 Å². The topological polar surface area (TPSA) is 44.8 Å². The van der Waals surface area contributed by atoms with E-state index in [1.165, 1.54) is 13.2 Å². The van der Waals surface area contributed by atoms with E-state index in [1.54, 1.807) is 14.2 Å². The van der Waals surface area contributed by atoms with Gasteiger partial charge in [-0.1, -0.05) is 5.57 Å². The number of carbonyl (C=O) groups is 1. The van der Waals surface area contributed by atoms with Crippen molar-refractivity contribution in [2.45, 2.75) is 40.5 Å². The Bertz CT molecular complexity index is 585. The van der Waals surface area contributed by atoms with Crippen molar-refractivity contribution >= 4 is 5.97 Å². The van der Waals surface area contributed by atoms with Crippen molar-refractivity contribution in [3.8, 4) is 11.5 Å². The Morgan fingerprint density at radius 2 is 1.50 bits per heavy atom. The second kappa shape index (κ2) is 7.87. The third kappa shape index (κ3) is 3.81. The van der Waals surface area contributed by atoms with Crippen LogP contribution in [0.1, 0.15) is 35.6 Å². The second-order valence-corrected chi connectivity index (χ2v) is 5.43. The molecule has 4 heteroatoms. The fourth-order valence-corrected chi connectivity index (χ4v) is 2.69. The highest BCUT2D eigenvalue weighted by atomic mass is 16.5. The van der Waals surface area contributed by atoms with Gasteiger partial charge in [-0.05, 0) is 57.2 Å². The molecule has 0 aliphatic rings. The van der Waals surface area contributed by atoms with Crippen molar-refractivity contribution in [3.05, 3.63) is 33.9 Å². The molecule has 0 aliphatic carbocycles. The number of hydrogen-bond acceptors (Lipinski definition) is 4. The molecule has 0 unspecified atom stereocenters. The Morgan fingerprint density at radius 1 is 0.955 bits per heavy atom. The molecule has 0 heterocycles. The van der Waals surface area contributed by atoms with Gasteiger partial charge in [0.1, 0.15) is 11.5 Å². The molecule has 0 saturated heterocycles. The Balaban J connectivity index is 3.16. The molecule has 122 valence electrons. The number of carbonyl (C=O) groups excluding carboxylic acids is 1. The SMILES string of the molecule is COC(=O)C=C(C)CCc1c(C)c(OC)c(C)c(C)c1OC. The zero-order valence-corrected chi connectivity index (χ0v) is 14.6. The minimum absolute atomic E-state index is 0.321. The van der Waals surface area contributed by atoms with Gasteiger partial charge in [0.15, 0.2) is 0 Å². The van der Waals surface area contributed by atoms with Crippen LogP contribution < -0.4 is 9.47 Å². The van der Waals surface area contributed by atoms with E-state index in [4.69, 9.17) is 9.47 Å². The number of esters is 1. The van der Waals surface area contributed by atoms with Gasteiger partial charge in [0.25, 0.3) is 0 Å². The van der Waals surface area contributed by atoms with Gasteiger partial charge in [0, 0.05) is 11.6 Å². The molecule has 22 heavy (non-hydrogen) atoms. The van der Waals surface area contributed by atoms with E-state index in [2.05, 4.69) is 4.74 Å². The number of hydrogen-bond donors (Lipinski definition) is 0. The normalized spacial score (nSPS) is 11.3. The molecule has 1 aromatic rings. The maximum Gasteiger partial charge on any atom is 0.330 e. The van der Waals surface area contributed by atoms with E-state index in [-0.39, 0.29) is 5.97 Å². The van der Waals surface area contributed by atoms with Crippen LogP contribution in [0.4, 0.5) is 0 Å². The van der Waals surface area contributed by atoms with Crippen LogP contribution in [0.5, 0.6) is 11.5 Å². The first-order chi connectivity index (χ1) is 10.4. The van der Waals surface area contributed by atoms with Crippen LogP contribution in [0.25, 0.3) is 0 Å². The smallest absolute Gasteiger partial charge is 0.330 e. The van der Waals surface area contributed by atoms with Gasteiger partial charge in [-0.25, -0.2) is 4.79 Å². The van der Waals surface area contributed by atoms with Crippen molar-refractivity contribution in [3.63, 3.8) is 0 Å². The predicted octanol–water partition coefficient (Wildman–Crippen LogP) is 3.68. The van der Waals surface area contributed by atoms with Gasteiger partial charge >= 0.3 is 5.97 Å². The van der Waals surface area contributed by atoms with Crippen LogP contribution in [-0.4, -0.2) is 27.3 Å². The maximum atomic E-state index is 11.3. The number of rotatable bonds is 6. The number of ether oxygens (including phenoxy) is 3. The lowest BCUT2D eigenvalue weighted by atomic mass is 9.93. The molecule has 0 spiro atoms. The summed E-state index contributed by atoms with van der Waals surface area (Å²) >= 11 is 0. The zero-order chi connectivity index (χ0) is 16.9. The number of benzene rings is 1. The Labute approximate surface area is 133 Å². The third-order valence-electron chi connectivity index (χ3n) is 4.05. The second-order valence-electron chi connectivity index (χ2n) is 5.43. The van der Waals surface area contributed by atoms with E-state index in [0.29, 0.717) is 0 Å². The van der Waals surface area contributed by atoms with Gasteiger partial charge in [-0.2, -0.15) is 0 Å². The fraction of sp³-hybridized carbons (Fsp3) is 0.500. The van der Waals surface area contributed by atoms with Crippen molar-refractivity contribution in [2.75, 3.05) is 21.3 Å². The predicted molar refractivity (Wildman–Crippen MR) is 87.9 cm³/mol. The molecule has 0 saturated carbocycles. The number of allylic oxidation sites excluding steroid dienone is 1. The molecule has 0 bridgehead atoms. The van der Waals surface area contributed by atoms with E-state index in [1.807, 2.05) is 27.7 Å². The van der Waals surface area contributed by atoms with Gasteiger partial charge in [0.2, 0.25) is 0 Å². The van der Waals surface area contributed by atoms with E-state index in [0.717, 1.165) is 52.2 Å². The first-order valence-electron chi connectivity index (χ1n) is 7.33. The monoisotopic (exact) mass is 306 g/mol. The molecule has 0 radical (unpaired) electrons. The molecule has 1 rings (SSSR count). The van der Waals surface area contributed by atoms with E-state index in [9.17, 15) is 4.79 Å². The average molecular weight is 306 g/mol. The van der Waals surface area contributed by atoms with Crippen LogP contribution in [0, 0.1) is 20.8 Å². The Morgan fingerprint density at radius 3 is 2.00 bits per heavy atom. The lowest BCUT2D eigenvalue weighted by Crippen LogP contribution is -2.04. The van der Waals surface area contributed by atoms with Gasteiger partial charge in [-0.15, -0.1) is 0 Å². The van der Waals surface area contributed by atoms with Crippen molar-refractivity contribution in [2.24, 2.45) is 0 Å². The van der Waals surface area contributed by atoms with Crippen molar-refractivity contribution in [1.29, 1.82) is 0 Å². The highest BCUT2D eigenvalue weighted by Crippen LogP contribution is 2.38. The summed E-state index contributed by atoms with van der Waals surface area (Å²) in [7, 11) is 4.76. The van der Waals surface area contributed by atoms with Crippen LogP contribution in [0.15, 0.2) is 11.6 Å². The first-order valence-corrected chi connectivity index (χ1v) is 7.33. The van der Waals surface area contributed by atoms with Gasteiger partial charge in [0.05, 0.1) is 21.3 Å². The summed E-state index contributed by atoms with van der Waals surface area (Å²) in [6.45, 7) is 8.05. The summed E-state index contributed by atoms with van der Waals surface area (Å²) in [6, 6.07) is 0. The van der Waals surface area contributed by atoms with E-state index >= 15 is 0 Å². The lowest BCUT2D eigenvalue weighted by molar-refractivity contribution is -0.134. The molecular formula is C18H26O4. The average Bonchev–Trinajstić information content (AvgIpc) is 2.49. The van der Waals surface area contributed by atoms with Crippen LogP contribution >= 0.6 is 0 Å². The van der Waals surface area contributed by atoms with Gasteiger partial charge in [-0.3, -0.25) is 0 Å². The highest BCUT2D eigenvalue weighted by molar-refractivity contribution is 5.82. The molecule has 0 fully saturated rings. The minimum atomic E-state index is -0.321. The standard InChI is InChI=1S/C18H26O4/c1-11(10-16(19)20-5)8-9-15-14(4)17(21-6)12(2)13(3)18(15)22-7/h10H,8-9H2,1-7H3. The van der Waals surface area contributed by atoms with Crippen LogP contribution in [0.3, 0.4) is 0 Å². The number of methoxy groups -OCH3 is 3. The summed E-state index contributed by atoms with van der Waals surface area (Å²) < 4.78 is 15.8. The molecule has 0 atom stereocenters. The first kappa shape index (κ1) is 18.1. The summed E-state index contributed by atoms with van der Waals surface area (Å²) in [4.78, 5) is 11.3. The summed E-state index contributed by atoms with van der Waals surface area (Å²) in [5.41, 5.74) is 5.39. The van der Waals surface area contributed by atoms with Gasteiger partial charge < -0.3 is 14.2 Å². The molecule has 0 aliphatic heterocycles. The third-order valence-corrected chi connectivity index (χ3v) is 4.05. The molecular weight excluding hydrogens is 280 g/mol. The Hall–Kier alpha value is -1.97.